The van der Waals surface area contributed by atoms with Gasteiger partial charge in [-0.15, -0.1) is 0 Å². The second-order valence-electron chi connectivity index (χ2n) is 5.48. The number of amides is 1. The molecule has 116 valence electrons. The number of rotatable bonds is 5. The molecule has 3 nitrogen and oxygen atoms in total. The molecular weight excluding hydrogens is 350 g/mol. The fourth-order valence-electron chi connectivity index (χ4n) is 2.84. The Morgan fingerprint density at radius 1 is 1.38 bits per heavy atom. The number of carbonyl (C=O) groups excluding carboxylic acids is 1. The molecular formula is C16H22BrNO2S. The third-order valence-corrected chi connectivity index (χ3v) is 6.09. The molecule has 0 atom stereocenters. The molecule has 0 spiro atoms. The zero-order valence-electron chi connectivity index (χ0n) is 12.6. The summed E-state index contributed by atoms with van der Waals surface area (Å²) in [6, 6.07) is 5.48. The number of ether oxygens (including phenoxy) is 1. The predicted octanol–water partition coefficient (Wildman–Crippen LogP) is 4.25. The van der Waals surface area contributed by atoms with E-state index in [9.17, 15) is 4.79 Å². The van der Waals surface area contributed by atoms with Gasteiger partial charge in [-0.25, -0.2) is 0 Å². The average molecular weight is 372 g/mol. The van der Waals surface area contributed by atoms with E-state index in [0.29, 0.717) is 11.3 Å². The molecule has 0 bridgehead atoms. The van der Waals surface area contributed by atoms with E-state index < -0.39 is 0 Å². The van der Waals surface area contributed by atoms with Gasteiger partial charge in [-0.1, -0.05) is 35.2 Å². The van der Waals surface area contributed by atoms with E-state index in [1.165, 1.54) is 32.1 Å². The Morgan fingerprint density at radius 3 is 2.71 bits per heavy atom. The molecule has 0 aliphatic heterocycles. The summed E-state index contributed by atoms with van der Waals surface area (Å²) in [6.45, 7) is 0.728. The molecule has 1 aromatic rings. The van der Waals surface area contributed by atoms with Crippen LogP contribution in [0.15, 0.2) is 22.7 Å². The average Bonchev–Trinajstić information content (AvgIpc) is 2.53. The summed E-state index contributed by atoms with van der Waals surface area (Å²) in [5.41, 5.74) is 0.591. The number of nitrogens with one attached hydrogen (secondary N) is 1. The third kappa shape index (κ3) is 4.16. The molecule has 1 aliphatic rings. The molecule has 5 heteroatoms. The Kier molecular flexibility index (Phi) is 5.99. The SMILES string of the molecule is COc1cc(Br)ccc1C(=O)NCC1(SC)CCCCC1. The normalized spacial score (nSPS) is 17.3. The van der Waals surface area contributed by atoms with Crippen LogP contribution in [0.25, 0.3) is 0 Å². The van der Waals surface area contributed by atoms with E-state index in [2.05, 4.69) is 27.5 Å². The van der Waals surface area contributed by atoms with E-state index in [1.54, 1.807) is 13.2 Å². The maximum Gasteiger partial charge on any atom is 0.255 e. The van der Waals surface area contributed by atoms with Crippen LogP contribution >= 0.6 is 27.7 Å². The van der Waals surface area contributed by atoms with Gasteiger partial charge in [0.2, 0.25) is 0 Å². The van der Waals surface area contributed by atoms with Crippen LogP contribution in [0.4, 0.5) is 0 Å². The Morgan fingerprint density at radius 2 is 2.10 bits per heavy atom. The van der Waals surface area contributed by atoms with Gasteiger partial charge in [-0.3, -0.25) is 4.79 Å². The zero-order chi connectivity index (χ0) is 15.3. The van der Waals surface area contributed by atoms with Crippen molar-refractivity contribution in [1.82, 2.24) is 5.32 Å². The van der Waals surface area contributed by atoms with Crippen LogP contribution in [0.2, 0.25) is 0 Å². The van der Waals surface area contributed by atoms with Crippen molar-refractivity contribution in [2.75, 3.05) is 19.9 Å². The van der Waals surface area contributed by atoms with Crippen molar-refractivity contribution >= 4 is 33.6 Å². The molecule has 1 saturated carbocycles. The Hall–Kier alpha value is -0.680. The molecule has 0 unspecified atom stereocenters. The zero-order valence-corrected chi connectivity index (χ0v) is 15.0. The molecule has 0 radical (unpaired) electrons. The maximum atomic E-state index is 12.4. The molecule has 2 rings (SSSR count). The number of carbonyl (C=O) groups is 1. The van der Waals surface area contributed by atoms with Gasteiger partial charge in [-0.05, 0) is 37.3 Å². The Labute approximate surface area is 139 Å². The molecule has 1 fully saturated rings. The minimum Gasteiger partial charge on any atom is -0.496 e. The summed E-state index contributed by atoms with van der Waals surface area (Å²) in [7, 11) is 1.59. The van der Waals surface area contributed by atoms with Crippen molar-refractivity contribution in [2.24, 2.45) is 0 Å². The lowest BCUT2D eigenvalue weighted by atomic mass is 9.88. The summed E-state index contributed by atoms with van der Waals surface area (Å²) in [5.74, 6) is 0.544. The minimum atomic E-state index is -0.0571. The van der Waals surface area contributed by atoms with Gasteiger partial charge < -0.3 is 10.1 Å². The van der Waals surface area contributed by atoms with Crippen LogP contribution in [0.5, 0.6) is 5.75 Å². The number of benzene rings is 1. The van der Waals surface area contributed by atoms with Crippen LogP contribution in [0.1, 0.15) is 42.5 Å². The van der Waals surface area contributed by atoms with Gasteiger partial charge in [0, 0.05) is 15.8 Å². The Bertz CT molecular complexity index is 501. The van der Waals surface area contributed by atoms with Crippen LogP contribution in [-0.2, 0) is 0 Å². The molecule has 1 aromatic carbocycles. The first-order chi connectivity index (χ1) is 10.1. The second kappa shape index (κ2) is 7.54. The summed E-state index contributed by atoms with van der Waals surface area (Å²) in [6.07, 6.45) is 8.36. The van der Waals surface area contributed by atoms with Crippen molar-refractivity contribution in [2.45, 2.75) is 36.9 Å². The van der Waals surface area contributed by atoms with E-state index in [0.717, 1.165) is 11.0 Å². The van der Waals surface area contributed by atoms with E-state index in [1.807, 2.05) is 23.9 Å². The smallest absolute Gasteiger partial charge is 0.255 e. The lowest BCUT2D eigenvalue weighted by Crippen LogP contribution is -2.41. The second-order valence-corrected chi connectivity index (χ2v) is 7.67. The highest BCUT2D eigenvalue weighted by Gasteiger charge is 2.31. The summed E-state index contributed by atoms with van der Waals surface area (Å²) in [5, 5.41) is 3.10. The number of hydrogen-bond donors (Lipinski definition) is 1. The van der Waals surface area contributed by atoms with Crippen molar-refractivity contribution < 1.29 is 9.53 Å². The highest BCUT2D eigenvalue weighted by atomic mass is 79.9. The molecule has 0 saturated heterocycles. The molecule has 0 aromatic heterocycles. The van der Waals surface area contributed by atoms with Crippen LogP contribution in [-0.4, -0.2) is 30.6 Å². The topological polar surface area (TPSA) is 38.3 Å². The van der Waals surface area contributed by atoms with Crippen molar-refractivity contribution in [1.29, 1.82) is 0 Å². The van der Waals surface area contributed by atoms with E-state index in [-0.39, 0.29) is 10.7 Å². The monoisotopic (exact) mass is 371 g/mol. The molecule has 1 aliphatic carbocycles. The fraction of sp³-hybridized carbons (Fsp3) is 0.562. The highest BCUT2D eigenvalue weighted by molar-refractivity contribution is 9.10. The molecule has 1 amide bonds. The van der Waals surface area contributed by atoms with Crippen LogP contribution < -0.4 is 10.1 Å². The fourth-order valence-corrected chi connectivity index (χ4v) is 4.09. The first-order valence-electron chi connectivity index (χ1n) is 7.27. The van der Waals surface area contributed by atoms with E-state index in [4.69, 9.17) is 4.74 Å². The van der Waals surface area contributed by atoms with Crippen molar-refractivity contribution in [3.05, 3.63) is 28.2 Å². The lowest BCUT2D eigenvalue weighted by Gasteiger charge is -2.35. The lowest BCUT2D eigenvalue weighted by molar-refractivity contribution is 0.0944. The van der Waals surface area contributed by atoms with Gasteiger partial charge in [0.25, 0.3) is 5.91 Å². The quantitative estimate of drug-likeness (QED) is 0.840. The third-order valence-electron chi connectivity index (χ3n) is 4.18. The largest absolute Gasteiger partial charge is 0.496 e. The number of hydrogen-bond acceptors (Lipinski definition) is 3. The number of methoxy groups -OCH3 is 1. The van der Waals surface area contributed by atoms with Gasteiger partial charge in [-0.2, -0.15) is 11.8 Å². The summed E-state index contributed by atoms with van der Waals surface area (Å²) in [4.78, 5) is 12.4. The van der Waals surface area contributed by atoms with Gasteiger partial charge >= 0.3 is 0 Å². The number of thioether (sulfide) groups is 1. The predicted molar refractivity (Wildman–Crippen MR) is 92.4 cm³/mol. The standard InChI is InChI=1S/C16H22BrNO2S/c1-20-14-10-12(17)6-7-13(14)15(19)18-11-16(21-2)8-4-3-5-9-16/h6-7,10H,3-5,8-9,11H2,1-2H3,(H,18,19). The highest BCUT2D eigenvalue weighted by Crippen LogP contribution is 2.38. The molecule has 1 N–H and O–H groups in total. The Balaban J connectivity index is 2.04. The van der Waals surface area contributed by atoms with E-state index >= 15 is 0 Å². The summed E-state index contributed by atoms with van der Waals surface area (Å²) >= 11 is 5.28. The van der Waals surface area contributed by atoms with Gasteiger partial charge in [0.15, 0.2) is 0 Å². The first kappa shape index (κ1) is 16.7. The first-order valence-corrected chi connectivity index (χ1v) is 9.29. The molecule has 21 heavy (non-hydrogen) atoms. The number of halogens is 1. The van der Waals surface area contributed by atoms with Crippen molar-refractivity contribution in [3.63, 3.8) is 0 Å². The van der Waals surface area contributed by atoms with Gasteiger partial charge in [0.05, 0.1) is 12.7 Å². The maximum absolute atomic E-state index is 12.4. The van der Waals surface area contributed by atoms with Crippen LogP contribution in [0.3, 0.4) is 0 Å². The van der Waals surface area contributed by atoms with Crippen LogP contribution in [0, 0.1) is 0 Å². The van der Waals surface area contributed by atoms with Gasteiger partial charge in [0.1, 0.15) is 5.75 Å². The van der Waals surface area contributed by atoms with Crippen molar-refractivity contribution in [3.8, 4) is 5.75 Å². The minimum absolute atomic E-state index is 0.0571. The summed E-state index contributed by atoms with van der Waals surface area (Å²) < 4.78 is 6.41. The molecule has 0 heterocycles.